The van der Waals surface area contributed by atoms with Crippen LogP contribution < -0.4 is 38.9 Å². The van der Waals surface area contributed by atoms with Gasteiger partial charge in [0.15, 0.2) is 12.6 Å². The molecule has 1 saturated carbocycles. The number of benzene rings is 4. The lowest BCUT2D eigenvalue weighted by molar-refractivity contribution is -0.332. The third-order valence-corrected chi connectivity index (χ3v) is 13.3. The summed E-state index contributed by atoms with van der Waals surface area (Å²) in [6.07, 6.45) is -19.8. The minimum absolute atomic E-state index is 0.0101. The zero-order chi connectivity index (χ0) is 52.8. The molecule has 73 heavy (non-hydrogen) atoms. The molecule has 0 radical (unpaired) electrons. The first-order chi connectivity index (χ1) is 34.8. The van der Waals surface area contributed by atoms with Gasteiger partial charge in [-0.05, 0) is 106 Å². The van der Waals surface area contributed by atoms with Crippen molar-refractivity contribution in [3.63, 3.8) is 0 Å². The summed E-state index contributed by atoms with van der Waals surface area (Å²) in [6, 6.07) is 24.5. The number of rotatable bonds is 14. The molecule has 22 nitrogen and oxygen atoms in total. The van der Waals surface area contributed by atoms with E-state index < -0.39 is 110 Å². The molecule has 18 N–H and O–H groups in total. The fraction of sp³-hybridized carbons (Fsp3) is 0.490. The van der Waals surface area contributed by atoms with Gasteiger partial charge < -0.3 is 97.9 Å². The third kappa shape index (κ3) is 13.0. The number of aromatic nitrogens is 2. The number of aliphatic hydroxyl groups excluding tert-OH is 8. The van der Waals surface area contributed by atoms with Crippen LogP contribution in [-0.4, -0.2) is 180 Å². The number of ether oxygens (including phenoxy) is 4. The number of nitrogens with two attached hydrogens (primary N) is 4. The number of hydrogen-bond acceptors (Lipinski definition) is 20. The first-order valence-corrected chi connectivity index (χ1v) is 24.6. The van der Waals surface area contributed by atoms with Crippen LogP contribution in [0.25, 0.3) is 28.1 Å². The molecule has 1 amide bonds. The van der Waals surface area contributed by atoms with E-state index in [2.05, 4.69) is 47.2 Å². The van der Waals surface area contributed by atoms with E-state index in [1.807, 2.05) is 66.7 Å². The molecule has 0 bridgehead atoms. The SMILES string of the molecule is CC(C)N=c1cc2n(-c3ccc(Cl)cc3)c3ccccc3nc-2cc1Nc1ccc(Cl)cc1.NCC[C@H](O)C(=O)N[C@@H]1C[C@H](N)[C@@H](O[C@H]2O[C@H](CN)[C@@H](O)[C@H](O)[C@H]2O)[C@H](O)[C@H]1O[C@H]1O[C@H](CO)[C@@H](O)[C@H](N)[C@H]1O. The molecule has 2 aliphatic carbocycles. The Kier molecular flexibility index (Phi) is 19.2. The number of hydrogen-bond donors (Lipinski definition) is 14. The maximum Gasteiger partial charge on any atom is 0.249 e. The Bertz CT molecular complexity index is 2640. The van der Waals surface area contributed by atoms with E-state index in [1.54, 1.807) is 0 Å². The van der Waals surface area contributed by atoms with E-state index in [0.717, 1.165) is 44.8 Å². The van der Waals surface area contributed by atoms with Crippen LogP contribution in [0.4, 0.5) is 11.4 Å². The Balaban J connectivity index is 0.000000217. The standard InChI is InChI=1S/C27H22Cl2N4.C22H43N5O13/c1-17(2)30-24-16-27-25(15-23(24)31-20-11-7-18(28)8-12-20)32-22-5-3-4-6-26(22)33(27)21-13-9-19(29)10-14-21;23-2-1-8(29)20(36)27-7-3-6(25)18(39-22-16(34)15(33)13(31)9(4-24)37-22)17(35)19(7)40-21-14(32)11(26)12(30)10(5-28)38-21/h3-17,31H,1-2H3;6-19,21-22,28-35H,1-5,23-26H2,(H,27,36)/t;6-,7+,8-,9+,10+,11-,12+,13+,14+,15-,16+,17-,18+,19-,21+,22+/m.0/s1. The highest BCUT2D eigenvalue weighted by Crippen LogP contribution is 2.34. The molecular formula is C49H65Cl2N9O13. The molecular weight excluding hydrogens is 993 g/mol. The third-order valence-electron chi connectivity index (χ3n) is 12.8. The molecule has 0 spiro atoms. The number of nitrogens with zero attached hydrogens (tertiary/aromatic N) is 3. The predicted octanol–water partition coefficient (Wildman–Crippen LogP) is -0.934. The van der Waals surface area contributed by atoms with E-state index in [9.17, 15) is 45.6 Å². The maximum absolute atomic E-state index is 12.6. The molecule has 16 atom stereocenters. The Hall–Kier alpha value is -4.51. The van der Waals surface area contributed by atoms with Crippen molar-refractivity contribution in [3.8, 4) is 17.1 Å². The topological polar surface area (TPSA) is 374 Å². The first-order valence-electron chi connectivity index (χ1n) is 23.8. The fourth-order valence-corrected chi connectivity index (χ4v) is 9.20. The van der Waals surface area contributed by atoms with Gasteiger partial charge in [0.1, 0.15) is 67.1 Å². The quantitative estimate of drug-likeness (QED) is 0.0597. The lowest BCUT2D eigenvalue weighted by Crippen LogP contribution is -2.69. The van der Waals surface area contributed by atoms with Crippen LogP contribution in [0.2, 0.25) is 10.0 Å². The average molecular weight is 1060 g/mol. The van der Waals surface area contributed by atoms with E-state index in [4.69, 9.17) is 75.1 Å². The lowest BCUT2D eigenvalue weighted by Gasteiger charge is -2.49. The number of amides is 1. The molecule has 0 aromatic heterocycles. The van der Waals surface area contributed by atoms with Gasteiger partial charge in [-0.3, -0.25) is 9.79 Å². The second-order valence-corrected chi connectivity index (χ2v) is 19.3. The normalized spacial score (nSPS) is 31.2. The molecule has 3 aromatic rings. The van der Waals surface area contributed by atoms with Gasteiger partial charge in [0.25, 0.3) is 0 Å². The number of aliphatic hydroxyl groups is 8. The van der Waals surface area contributed by atoms with Gasteiger partial charge in [0.05, 0.1) is 52.2 Å². The number of para-hydroxylation sites is 2. The van der Waals surface area contributed by atoms with Crippen molar-refractivity contribution >= 4 is 51.5 Å². The summed E-state index contributed by atoms with van der Waals surface area (Å²) in [4.78, 5) is 22.4. The zero-order valence-corrected chi connectivity index (χ0v) is 41.5. The van der Waals surface area contributed by atoms with Crippen LogP contribution in [-0.2, 0) is 23.7 Å². The van der Waals surface area contributed by atoms with Gasteiger partial charge in [-0.25, -0.2) is 4.98 Å². The first kappa shape index (κ1) is 56.2. The van der Waals surface area contributed by atoms with Gasteiger partial charge in [-0.1, -0.05) is 35.3 Å². The number of anilines is 2. The monoisotopic (exact) mass is 1060 g/mol. The number of carbonyl (C=O) groups excluding carboxylic acids is 1. The van der Waals surface area contributed by atoms with E-state index in [-0.39, 0.29) is 32.0 Å². The number of nitrogens with one attached hydrogen (secondary N) is 2. The van der Waals surface area contributed by atoms with Gasteiger partial charge in [0, 0.05) is 40.0 Å². The average Bonchev–Trinajstić information content (AvgIpc) is 3.36. The summed E-state index contributed by atoms with van der Waals surface area (Å²) in [6.45, 7) is 3.24. The molecule has 398 valence electrons. The lowest BCUT2D eigenvalue weighted by atomic mass is 9.83. The van der Waals surface area contributed by atoms with E-state index in [1.165, 1.54) is 0 Å². The van der Waals surface area contributed by atoms with Gasteiger partial charge in [0.2, 0.25) is 5.91 Å². The molecule has 3 aliphatic heterocycles. The number of carbonyl (C=O) groups is 1. The van der Waals surface area contributed by atoms with Crippen molar-refractivity contribution in [1.82, 2.24) is 14.9 Å². The Morgan fingerprint density at radius 3 is 2.10 bits per heavy atom. The summed E-state index contributed by atoms with van der Waals surface area (Å²) in [5, 5.41) is 90.6. The molecule has 3 aromatic carbocycles. The second kappa shape index (κ2) is 24.9. The van der Waals surface area contributed by atoms with Crippen LogP contribution in [0.15, 0.2) is 89.9 Å². The van der Waals surface area contributed by atoms with Crippen LogP contribution >= 0.6 is 23.2 Å². The van der Waals surface area contributed by atoms with Crippen LogP contribution in [0.3, 0.4) is 0 Å². The minimum atomic E-state index is -1.76. The van der Waals surface area contributed by atoms with Crippen molar-refractivity contribution < 1.29 is 64.6 Å². The van der Waals surface area contributed by atoms with Crippen LogP contribution in [0, 0.1) is 0 Å². The van der Waals surface area contributed by atoms with Gasteiger partial charge in [-0.2, -0.15) is 0 Å². The Morgan fingerprint density at radius 2 is 1.45 bits per heavy atom. The molecule has 5 aliphatic rings. The summed E-state index contributed by atoms with van der Waals surface area (Å²) < 4.78 is 24.7. The highest BCUT2D eigenvalue weighted by atomic mass is 35.5. The molecule has 24 heteroatoms. The largest absolute Gasteiger partial charge is 0.394 e. The molecule has 8 rings (SSSR count). The molecule has 3 fully saturated rings. The van der Waals surface area contributed by atoms with Crippen molar-refractivity contribution in [2.24, 2.45) is 27.9 Å². The Morgan fingerprint density at radius 1 is 0.822 bits per heavy atom. The highest BCUT2D eigenvalue weighted by Gasteiger charge is 2.52. The van der Waals surface area contributed by atoms with E-state index in [0.29, 0.717) is 10.0 Å². The molecule has 3 heterocycles. The van der Waals surface area contributed by atoms with Crippen molar-refractivity contribution in [1.29, 1.82) is 0 Å². The molecule has 2 saturated heterocycles. The summed E-state index contributed by atoms with van der Waals surface area (Å²) >= 11 is 12.2. The number of halogens is 2. The highest BCUT2D eigenvalue weighted by molar-refractivity contribution is 6.30. The van der Waals surface area contributed by atoms with E-state index >= 15 is 0 Å². The second-order valence-electron chi connectivity index (χ2n) is 18.5. The fourth-order valence-electron chi connectivity index (χ4n) is 8.95. The molecule has 0 unspecified atom stereocenters. The smallest absolute Gasteiger partial charge is 0.249 e. The number of fused-ring (bicyclic) bond motifs is 2. The zero-order valence-electron chi connectivity index (χ0n) is 40.0. The van der Waals surface area contributed by atoms with Crippen molar-refractivity contribution in [2.45, 2.75) is 131 Å². The summed E-state index contributed by atoms with van der Waals surface area (Å²) in [5.41, 5.74) is 29.7. The maximum atomic E-state index is 12.6. The minimum Gasteiger partial charge on any atom is -0.394 e. The van der Waals surface area contributed by atoms with Gasteiger partial charge in [-0.15, -0.1) is 0 Å². The Labute approximate surface area is 430 Å². The summed E-state index contributed by atoms with van der Waals surface area (Å²) in [7, 11) is 0. The summed E-state index contributed by atoms with van der Waals surface area (Å²) in [5.74, 6) is -0.845. The van der Waals surface area contributed by atoms with Crippen molar-refractivity contribution in [2.75, 3.05) is 25.0 Å². The van der Waals surface area contributed by atoms with Crippen molar-refractivity contribution in [3.05, 3.63) is 100 Å². The van der Waals surface area contributed by atoms with Crippen LogP contribution in [0.5, 0.6) is 0 Å². The van der Waals surface area contributed by atoms with Crippen LogP contribution in [0.1, 0.15) is 26.7 Å². The van der Waals surface area contributed by atoms with Gasteiger partial charge >= 0.3 is 0 Å². The predicted molar refractivity (Wildman–Crippen MR) is 270 cm³/mol.